The normalized spacial score (nSPS) is 11.5. The summed E-state index contributed by atoms with van der Waals surface area (Å²) >= 11 is 0. The molecule has 1 aromatic rings. The molecule has 0 unspecified atom stereocenters. The second-order valence-corrected chi connectivity index (χ2v) is 3.41. The number of anilines is 1. The number of furan rings is 1. The van der Waals surface area contributed by atoms with Crippen molar-refractivity contribution in [3.63, 3.8) is 0 Å². The zero-order chi connectivity index (χ0) is 8.48. The van der Waals surface area contributed by atoms with Gasteiger partial charge in [0.15, 0.2) is 5.88 Å². The third kappa shape index (κ3) is 1.72. The predicted molar refractivity (Wildman–Crippen MR) is 39.6 cm³/mol. The molecule has 0 fully saturated rings. The average molecular weight is 176 g/mol. The summed E-state index contributed by atoms with van der Waals surface area (Å²) in [5.74, 6) is 0.369. The molecule has 0 saturated heterocycles. The summed E-state index contributed by atoms with van der Waals surface area (Å²) in [4.78, 5) is 0. The van der Waals surface area contributed by atoms with Crippen molar-refractivity contribution in [2.45, 2.75) is 5.09 Å². The van der Waals surface area contributed by atoms with Crippen LogP contribution in [0, 0.1) is 0 Å². The van der Waals surface area contributed by atoms with E-state index in [0.29, 0.717) is 5.88 Å². The van der Waals surface area contributed by atoms with Crippen LogP contribution in [-0.2, 0) is 10.0 Å². The topological polar surface area (TPSA) is 85.3 Å². The van der Waals surface area contributed by atoms with E-state index in [1.807, 2.05) is 0 Å². The molecule has 3 N–H and O–H groups in total. The summed E-state index contributed by atoms with van der Waals surface area (Å²) in [5.41, 5.74) is 0. The van der Waals surface area contributed by atoms with Crippen LogP contribution in [-0.4, -0.2) is 15.5 Å². The Balaban J connectivity index is 3.09. The van der Waals surface area contributed by atoms with E-state index in [9.17, 15) is 8.42 Å². The average Bonchev–Trinajstić information content (AvgIpc) is 2.32. The Kier molecular flexibility index (Phi) is 1.88. The van der Waals surface area contributed by atoms with Gasteiger partial charge >= 0.3 is 0 Å². The number of rotatable bonds is 2. The molecule has 1 aromatic heterocycles. The van der Waals surface area contributed by atoms with Gasteiger partial charge in [-0.1, -0.05) is 0 Å². The molecule has 0 radical (unpaired) electrons. The maximum absolute atomic E-state index is 10.6. The van der Waals surface area contributed by atoms with Crippen molar-refractivity contribution in [2.75, 3.05) is 12.4 Å². The highest BCUT2D eigenvalue weighted by Crippen LogP contribution is 2.15. The van der Waals surface area contributed by atoms with E-state index < -0.39 is 10.0 Å². The molecule has 5 nitrogen and oxygen atoms in total. The second-order valence-electron chi connectivity index (χ2n) is 1.91. The van der Waals surface area contributed by atoms with E-state index in [4.69, 9.17) is 9.56 Å². The Labute approximate surface area is 64.2 Å². The van der Waals surface area contributed by atoms with E-state index in [-0.39, 0.29) is 5.09 Å². The first-order valence-corrected chi connectivity index (χ1v) is 4.39. The summed E-state index contributed by atoms with van der Waals surface area (Å²) < 4.78 is 26.0. The van der Waals surface area contributed by atoms with Crippen LogP contribution < -0.4 is 10.5 Å². The van der Waals surface area contributed by atoms with Gasteiger partial charge in [-0.05, 0) is 6.07 Å². The van der Waals surface area contributed by atoms with E-state index in [1.165, 1.54) is 12.1 Å². The van der Waals surface area contributed by atoms with Gasteiger partial charge in [0.1, 0.15) is 0 Å². The van der Waals surface area contributed by atoms with Gasteiger partial charge in [0, 0.05) is 13.1 Å². The molecule has 0 aliphatic carbocycles. The first-order chi connectivity index (χ1) is 5.04. The molecule has 1 rings (SSSR count). The Morgan fingerprint density at radius 2 is 2.18 bits per heavy atom. The smallest absolute Gasteiger partial charge is 0.271 e. The summed E-state index contributed by atoms with van der Waals surface area (Å²) in [6.07, 6.45) is 0. The minimum atomic E-state index is -3.70. The Hall–Kier alpha value is -1.01. The minimum absolute atomic E-state index is 0.234. The molecule has 11 heavy (non-hydrogen) atoms. The molecule has 1 heterocycles. The standard InChI is InChI=1S/C5H8N2O3S/c1-7-4-2-3-5(10-4)11(6,8)9/h2-3,7H,1H3,(H2,6,8,9). The van der Waals surface area contributed by atoms with Crippen LogP contribution in [0.4, 0.5) is 5.88 Å². The molecule has 0 amide bonds. The van der Waals surface area contributed by atoms with Crippen molar-refractivity contribution in [1.82, 2.24) is 0 Å². The van der Waals surface area contributed by atoms with Crippen LogP contribution in [0.3, 0.4) is 0 Å². The Morgan fingerprint density at radius 1 is 1.55 bits per heavy atom. The third-order valence-electron chi connectivity index (χ3n) is 1.11. The van der Waals surface area contributed by atoms with Crippen molar-refractivity contribution < 1.29 is 12.8 Å². The number of nitrogens with one attached hydrogen (secondary N) is 1. The summed E-state index contributed by atoms with van der Waals surface area (Å²) in [7, 11) is -2.08. The third-order valence-corrected chi connectivity index (χ3v) is 1.89. The predicted octanol–water partition coefficient (Wildman–Crippen LogP) is -0.0313. The van der Waals surface area contributed by atoms with E-state index in [2.05, 4.69) is 5.32 Å². The minimum Gasteiger partial charge on any atom is -0.428 e. The molecule has 0 aliphatic heterocycles. The van der Waals surface area contributed by atoms with Crippen molar-refractivity contribution in [1.29, 1.82) is 0 Å². The van der Waals surface area contributed by atoms with Gasteiger partial charge < -0.3 is 9.73 Å². The number of hydrogen-bond acceptors (Lipinski definition) is 4. The van der Waals surface area contributed by atoms with E-state index in [0.717, 1.165) is 0 Å². The fourth-order valence-corrected chi connectivity index (χ4v) is 1.07. The van der Waals surface area contributed by atoms with Crippen LogP contribution in [0.15, 0.2) is 21.6 Å². The lowest BCUT2D eigenvalue weighted by molar-refractivity contribution is 0.463. The van der Waals surface area contributed by atoms with Gasteiger partial charge in [0.25, 0.3) is 10.0 Å². The second kappa shape index (κ2) is 2.55. The zero-order valence-corrected chi connectivity index (χ0v) is 6.68. The van der Waals surface area contributed by atoms with Gasteiger partial charge in [-0.15, -0.1) is 0 Å². The molecule has 0 aliphatic rings. The lowest BCUT2D eigenvalue weighted by Crippen LogP contribution is -2.10. The van der Waals surface area contributed by atoms with Gasteiger partial charge in [-0.2, -0.15) is 0 Å². The van der Waals surface area contributed by atoms with Crippen molar-refractivity contribution in [3.05, 3.63) is 12.1 Å². The van der Waals surface area contributed by atoms with Crippen LogP contribution >= 0.6 is 0 Å². The molecule has 0 bridgehead atoms. The van der Waals surface area contributed by atoms with Gasteiger partial charge in [0.2, 0.25) is 5.09 Å². The number of nitrogens with two attached hydrogens (primary N) is 1. The first-order valence-electron chi connectivity index (χ1n) is 2.84. The van der Waals surface area contributed by atoms with Gasteiger partial charge in [-0.3, -0.25) is 0 Å². The quantitative estimate of drug-likeness (QED) is 0.662. The Bertz CT molecular complexity index is 340. The molecule has 0 saturated carbocycles. The highest BCUT2D eigenvalue weighted by molar-refractivity contribution is 7.89. The summed E-state index contributed by atoms with van der Waals surface area (Å²) in [6.45, 7) is 0. The summed E-state index contributed by atoms with van der Waals surface area (Å²) in [6, 6.07) is 2.78. The van der Waals surface area contributed by atoms with Crippen LogP contribution in [0.2, 0.25) is 0 Å². The lowest BCUT2D eigenvalue weighted by Gasteiger charge is -1.91. The van der Waals surface area contributed by atoms with Gasteiger partial charge in [-0.25, -0.2) is 13.6 Å². The number of sulfonamides is 1. The molecule has 62 valence electrons. The van der Waals surface area contributed by atoms with Crippen LogP contribution in [0.25, 0.3) is 0 Å². The molecular formula is C5H8N2O3S. The maximum atomic E-state index is 10.6. The number of hydrogen-bond donors (Lipinski definition) is 2. The number of primary sulfonamides is 1. The maximum Gasteiger partial charge on any atom is 0.271 e. The van der Waals surface area contributed by atoms with Crippen molar-refractivity contribution in [3.8, 4) is 0 Å². The molecule has 6 heteroatoms. The van der Waals surface area contributed by atoms with E-state index >= 15 is 0 Å². The highest BCUT2D eigenvalue weighted by Gasteiger charge is 2.11. The first kappa shape index (κ1) is 8.09. The van der Waals surface area contributed by atoms with Crippen molar-refractivity contribution >= 4 is 15.9 Å². The molecule has 0 spiro atoms. The monoisotopic (exact) mass is 176 g/mol. The fourth-order valence-electron chi connectivity index (χ4n) is 0.607. The van der Waals surface area contributed by atoms with Crippen molar-refractivity contribution in [2.24, 2.45) is 5.14 Å². The lowest BCUT2D eigenvalue weighted by atomic mass is 10.6. The van der Waals surface area contributed by atoms with Crippen LogP contribution in [0.5, 0.6) is 0 Å². The largest absolute Gasteiger partial charge is 0.428 e. The molecule has 0 aromatic carbocycles. The SMILES string of the molecule is CNc1ccc(S(N)(=O)=O)o1. The Morgan fingerprint density at radius 3 is 2.45 bits per heavy atom. The zero-order valence-electron chi connectivity index (χ0n) is 5.87. The fraction of sp³-hybridized carbons (Fsp3) is 0.200. The highest BCUT2D eigenvalue weighted by atomic mass is 32.2. The summed E-state index contributed by atoms with van der Waals surface area (Å²) in [5, 5.41) is 7.17. The molecular weight excluding hydrogens is 168 g/mol. The van der Waals surface area contributed by atoms with E-state index in [1.54, 1.807) is 7.05 Å². The molecule has 0 atom stereocenters. The van der Waals surface area contributed by atoms with Crippen LogP contribution in [0.1, 0.15) is 0 Å². The van der Waals surface area contributed by atoms with Gasteiger partial charge in [0.05, 0.1) is 0 Å².